The van der Waals surface area contributed by atoms with E-state index in [1.54, 1.807) is 0 Å². The van der Waals surface area contributed by atoms with Crippen molar-refractivity contribution in [3.8, 4) is 0 Å². The van der Waals surface area contributed by atoms with E-state index in [4.69, 9.17) is 0 Å². The van der Waals surface area contributed by atoms with Gasteiger partial charge in [0.05, 0.1) is 0 Å². The number of benzene rings is 12. The molecule has 0 N–H and O–H groups in total. The van der Waals surface area contributed by atoms with Crippen LogP contribution in [0, 0.1) is 0 Å². The molecule has 744 valence electrons. The van der Waals surface area contributed by atoms with Crippen molar-refractivity contribution in [1.29, 1.82) is 0 Å². The number of hydrogen-bond acceptors (Lipinski definition) is 6. The van der Waals surface area contributed by atoms with Crippen LogP contribution in [0.1, 0.15) is 383 Å². The molecule has 0 aliphatic carbocycles. The van der Waals surface area contributed by atoms with Gasteiger partial charge in [0.15, 0.2) is 0 Å². The summed E-state index contributed by atoms with van der Waals surface area (Å²) in [7, 11) is 0. The van der Waals surface area contributed by atoms with Crippen LogP contribution in [-0.2, 0) is 38.5 Å². The van der Waals surface area contributed by atoms with Crippen LogP contribution in [0.25, 0.3) is 64.6 Å². The lowest BCUT2D eigenvalue weighted by atomic mass is 10.0. The van der Waals surface area contributed by atoms with Gasteiger partial charge < -0.3 is 29.4 Å². The van der Waals surface area contributed by atoms with Gasteiger partial charge in [-0.15, -0.1) is 0 Å². The van der Waals surface area contributed by atoms with Gasteiger partial charge in [-0.2, -0.15) is 0 Å². The minimum atomic E-state index is 0.864. The van der Waals surface area contributed by atoms with Crippen molar-refractivity contribution in [3.63, 3.8) is 0 Å². The second kappa shape index (κ2) is 61.6. The topological polar surface area (TPSA) is 19.4 Å². The van der Waals surface area contributed by atoms with Gasteiger partial charge >= 0.3 is 0 Å². The van der Waals surface area contributed by atoms with Gasteiger partial charge in [0.1, 0.15) is 0 Å². The van der Waals surface area contributed by atoms with E-state index < -0.39 is 0 Å². The van der Waals surface area contributed by atoms with Crippen LogP contribution in [-0.4, -0.2) is 78.5 Å². The Hall–Kier alpha value is -9.00. The summed E-state index contributed by atoms with van der Waals surface area (Å²) in [6.07, 6.45) is 71.4. The second-order valence-corrected chi connectivity index (χ2v) is 42.5. The first-order valence-corrected chi connectivity index (χ1v) is 57.9. The van der Waals surface area contributed by atoms with E-state index in [2.05, 4.69) is 289 Å². The molecule has 0 spiro atoms. The average Bonchev–Trinajstić information content (AvgIpc) is 0.808. The Morgan fingerprint density at radius 3 is 0.362 bits per heavy atom. The summed E-state index contributed by atoms with van der Waals surface area (Å²) in [4.78, 5) is 16.8. The molecular weight excluding hydrogens is 1670 g/mol. The minimum Gasteiger partial charge on any atom is -0.368 e. The molecule has 6 nitrogen and oxygen atoms in total. The fourth-order valence-electron chi connectivity index (χ4n) is 22.3. The highest BCUT2D eigenvalue weighted by atomic mass is 15.3. The van der Waals surface area contributed by atoms with Crippen molar-refractivity contribution in [1.82, 2.24) is 0 Å². The Kier molecular flexibility index (Phi) is 47.5. The van der Waals surface area contributed by atoms with Crippen LogP contribution in [0.3, 0.4) is 0 Å². The highest BCUT2D eigenvalue weighted by Crippen LogP contribution is 2.35. The minimum absolute atomic E-state index is 0.864. The maximum atomic E-state index is 2.79. The van der Waals surface area contributed by atoms with Gasteiger partial charge in [-0.05, 0) is 248 Å². The van der Waals surface area contributed by atoms with Gasteiger partial charge in [0.2, 0.25) is 0 Å². The fourth-order valence-corrected chi connectivity index (χ4v) is 22.3. The molecule has 0 amide bonds. The van der Waals surface area contributed by atoms with Crippen LogP contribution >= 0.6 is 0 Å². The third-order valence-electron chi connectivity index (χ3n) is 31.3. The average molecular weight is 1860 g/mol. The molecule has 1 saturated heterocycles. The molecule has 1 heterocycles. The number of aryl methyl sites for hydroxylation is 6. The van der Waals surface area contributed by atoms with Gasteiger partial charge in [0, 0.05) is 113 Å². The summed E-state index contributed by atoms with van der Waals surface area (Å²) in [6.45, 7) is 24.3. The lowest BCUT2D eigenvalue weighted by molar-refractivity contribution is 0.575. The van der Waals surface area contributed by atoms with Gasteiger partial charge in [-0.25, -0.2) is 0 Å². The predicted molar refractivity (Wildman–Crippen MR) is 615 cm³/mol. The molecule has 12 aromatic rings. The Morgan fingerprint density at radius 2 is 0.232 bits per heavy atom. The first-order chi connectivity index (χ1) is 68.2. The predicted octanol–water partition coefficient (Wildman–Crippen LogP) is 38.1. The number of rotatable bonds is 60. The normalized spacial score (nSPS) is 13.7. The summed E-state index contributed by atoms with van der Waals surface area (Å²) in [5.41, 5.74) is 16.7. The molecule has 0 aromatic heterocycles. The molecule has 0 saturated carbocycles. The Balaban J connectivity index is 0.886. The summed E-state index contributed by atoms with van der Waals surface area (Å²) < 4.78 is 0. The van der Waals surface area contributed by atoms with E-state index in [-0.39, 0.29) is 0 Å². The van der Waals surface area contributed by atoms with E-state index in [1.165, 1.54) is 440 Å². The van der Waals surface area contributed by atoms with Crippen molar-refractivity contribution in [2.24, 2.45) is 0 Å². The van der Waals surface area contributed by atoms with Crippen molar-refractivity contribution in [2.45, 2.75) is 388 Å². The number of anilines is 6. The molecule has 0 radical (unpaired) electrons. The van der Waals surface area contributed by atoms with Crippen molar-refractivity contribution < 1.29 is 0 Å². The van der Waals surface area contributed by atoms with E-state index in [9.17, 15) is 0 Å². The lowest BCUT2D eigenvalue weighted by Gasteiger charge is -2.37. The van der Waals surface area contributed by atoms with E-state index in [0.717, 1.165) is 117 Å². The number of nitrogens with zero attached hydrogens (tertiary/aromatic N) is 6. The quantitative estimate of drug-likeness (QED) is 0.0351. The van der Waals surface area contributed by atoms with Crippen molar-refractivity contribution in [2.75, 3.05) is 108 Å². The summed E-state index contributed by atoms with van der Waals surface area (Å²) in [6, 6.07) is 89.7. The van der Waals surface area contributed by atoms with Gasteiger partial charge in [-0.1, -0.05) is 457 Å². The first-order valence-electron chi connectivity index (χ1n) is 57.9. The largest absolute Gasteiger partial charge is 0.368 e. The third-order valence-corrected chi connectivity index (χ3v) is 31.3. The van der Waals surface area contributed by atoms with E-state index >= 15 is 0 Å². The molecule has 6 heteroatoms. The summed E-state index contributed by atoms with van der Waals surface area (Å²) in [5.74, 6) is 0. The standard InChI is InChI=1S/C132H186N6/c1-7-13-19-25-31-37-43-49-55-109-61-67-121-103-127(79-73-115(121)97-109)133-85-87-134(128-80-74-116-98-110(62-68-122(116)104-128)56-50-44-38-32-26-20-14-8-2)89-91-136(130-82-76-118-100-112(64-70-124(118)106-130)58-52-46-40-34-28-22-16-10-4)93-95-138(132-84-78-120-102-114(66-72-126(120)108-132)60-54-48-42-36-30-24-18-12-6)96-94-137(131-83-77-119-101-113(65-71-125(119)107-131)59-53-47-41-35-29-23-17-11-5)92-90-135(88-86-133)129-81-75-117-99-111(63-69-123(117)105-129)57-51-45-39-33-27-21-15-9-3/h61-84,97-108H,7-60,85-96H2,1-6H3. The van der Waals surface area contributed by atoms with Crippen molar-refractivity contribution >= 4 is 98.8 Å². The van der Waals surface area contributed by atoms with Crippen LogP contribution in [0.2, 0.25) is 0 Å². The maximum Gasteiger partial charge on any atom is 0.0373 e. The fraction of sp³-hybridized carbons (Fsp3) is 0.545. The van der Waals surface area contributed by atoms with Crippen LogP contribution < -0.4 is 29.4 Å². The number of unbranched alkanes of at least 4 members (excludes halogenated alkanes) is 42. The highest BCUT2D eigenvalue weighted by molar-refractivity contribution is 5.92. The molecule has 0 atom stereocenters. The Morgan fingerprint density at radius 1 is 0.123 bits per heavy atom. The van der Waals surface area contributed by atoms with Crippen molar-refractivity contribution in [3.05, 3.63) is 252 Å². The Bertz CT molecular complexity index is 4540. The van der Waals surface area contributed by atoms with Crippen LogP contribution in [0.4, 0.5) is 34.1 Å². The molecule has 0 unspecified atom stereocenters. The molecule has 13 rings (SSSR count). The Labute approximate surface area is 841 Å². The molecule has 1 aliphatic rings. The zero-order valence-corrected chi connectivity index (χ0v) is 88.1. The van der Waals surface area contributed by atoms with Crippen LogP contribution in [0.5, 0.6) is 0 Å². The first kappa shape index (κ1) is 106. The van der Waals surface area contributed by atoms with E-state index in [1.807, 2.05) is 0 Å². The summed E-state index contributed by atoms with van der Waals surface area (Å²) >= 11 is 0. The smallest absolute Gasteiger partial charge is 0.0373 e. The monoisotopic (exact) mass is 1860 g/mol. The zero-order chi connectivity index (χ0) is 95.4. The molecule has 0 bridgehead atoms. The van der Waals surface area contributed by atoms with E-state index in [0.29, 0.717) is 0 Å². The molecule has 1 fully saturated rings. The number of hydrogen-bond donors (Lipinski definition) is 0. The molecule has 138 heavy (non-hydrogen) atoms. The SMILES string of the molecule is CCCCCCCCCCc1ccc2cc(N3CCN(c4ccc5cc(CCCCCCCCCC)ccc5c4)CCN(c4ccc5cc(CCCCCCCCCC)ccc5c4)CCN(c4ccc5cc(CCCCCCCCCC)ccc5c4)CCN(c4ccc5cc(CCCCCCCCCC)ccc5c4)CCN(c4ccc5cc(CCCCCCCCCC)ccc5c4)CC3)ccc2c1. The third kappa shape index (κ3) is 35.9. The second-order valence-electron chi connectivity index (χ2n) is 42.5. The molecule has 1 aliphatic heterocycles. The molecular formula is C132H186N6. The molecule has 12 aromatic carbocycles. The highest BCUT2D eigenvalue weighted by Gasteiger charge is 2.23. The zero-order valence-electron chi connectivity index (χ0n) is 88.1. The van der Waals surface area contributed by atoms with Crippen LogP contribution in [0.15, 0.2) is 218 Å². The van der Waals surface area contributed by atoms with Gasteiger partial charge in [0.25, 0.3) is 0 Å². The lowest BCUT2D eigenvalue weighted by Crippen LogP contribution is -2.46. The summed E-state index contributed by atoms with van der Waals surface area (Å²) in [5, 5.41) is 16.1. The van der Waals surface area contributed by atoms with Gasteiger partial charge in [-0.3, -0.25) is 0 Å². The maximum absolute atomic E-state index is 2.79. The number of fused-ring (bicyclic) bond motifs is 6.